The van der Waals surface area contributed by atoms with Crippen molar-refractivity contribution in [2.24, 2.45) is 0 Å². The molecule has 162 valence electrons. The summed E-state index contributed by atoms with van der Waals surface area (Å²) in [6.07, 6.45) is 0.546. The Hall–Kier alpha value is -1.34. The number of nitrogens with one attached hydrogen (secondary N) is 1. The number of nitrogens with zero attached hydrogens (tertiary/aromatic N) is 1. The molecule has 29 heavy (non-hydrogen) atoms. The van der Waals surface area contributed by atoms with Crippen LogP contribution in [0.15, 0.2) is 23.1 Å². The van der Waals surface area contributed by atoms with Gasteiger partial charge in [-0.05, 0) is 24.6 Å². The van der Waals surface area contributed by atoms with Gasteiger partial charge in [0.1, 0.15) is 10.6 Å². The molecule has 0 spiro atoms. The van der Waals surface area contributed by atoms with Crippen LogP contribution in [0, 0.1) is 0 Å². The van der Waals surface area contributed by atoms with Gasteiger partial charge in [-0.3, -0.25) is 4.79 Å². The first-order valence-electron chi connectivity index (χ1n) is 9.09. The highest BCUT2D eigenvalue weighted by atomic mass is 32.2. The second-order valence-electron chi connectivity index (χ2n) is 6.77. The molecule has 1 aromatic rings. The zero-order valence-electron chi connectivity index (χ0n) is 16.0. The van der Waals surface area contributed by atoms with Crippen LogP contribution in [-0.2, 0) is 29.4 Å². The summed E-state index contributed by atoms with van der Waals surface area (Å²) in [7, 11) is -5.40. The first kappa shape index (κ1) is 22.3. The summed E-state index contributed by atoms with van der Waals surface area (Å²) in [5, 5.41) is 2.60. The fourth-order valence-corrected chi connectivity index (χ4v) is 8.20. The Kier molecular flexibility index (Phi) is 7.10. The number of benzene rings is 1. The van der Waals surface area contributed by atoms with Crippen LogP contribution >= 0.6 is 11.8 Å². The number of hydrogen-bond acceptors (Lipinski definition) is 8. The van der Waals surface area contributed by atoms with Crippen LogP contribution in [0.1, 0.15) is 6.42 Å². The van der Waals surface area contributed by atoms with E-state index in [-0.39, 0.29) is 52.2 Å². The second-order valence-corrected chi connectivity index (χ2v) is 12.2. The number of amides is 1. The number of ether oxygens (including phenoxy) is 2. The number of sulfone groups is 1. The Morgan fingerprint density at radius 1 is 1.34 bits per heavy atom. The highest BCUT2D eigenvalue weighted by Gasteiger charge is 2.30. The molecule has 12 heteroatoms. The van der Waals surface area contributed by atoms with E-state index in [2.05, 4.69) is 5.32 Å². The smallest absolute Gasteiger partial charge is 0.246 e. The van der Waals surface area contributed by atoms with Crippen molar-refractivity contribution in [3.05, 3.63) is 18.2 Å². The molecule has 1 N–H and O–H groups in total. The van der Waals surface area contributed by atoms with Gasteiger partial charge in [-0.25, -0.2) is 16.8 Å². The number of carbonyl (C=O) groups is 1. The van der Waals surface area contributed by atoms with Gasteiger partial charge in [0.2, 0.25) is 15.9 Å². The number of rotatable bonds is 7. The van der Waals surface area contributed by atoms with Crippen molar-refractivity contribution in [2.75, 3.05) is 56.0 Å². The molecule has 3 rings (SSSR count). The minimum Gasteiger partial charge on any atom is -0.495 e. The van der Waals surface area contributed by atoms with Crippen molar-refractivity contribution in [2.45, 2.75) is 16.6 Å². The average Bonchev–Trinajstić information content (AvgIpc) is 3.06. The molecule has 0 saturated carbocycles. The quantitative estimate of drug-likeness (QED) is 0.622. The van der Waals surface area contributed by atoms with Gasteiger partial charge in [-0.2, -0.15) is 4.31 Å². The summed E-state index contributed by atoms with van der Waals surface area (Å²) >= 11 is 1.30. The maximum Gasteiger partial charge on any atom is 0.246 e. The topological polar surface area (TPSA) is 119 Å². The number of methoxy groups -OCH3 is 1. The standard InChI is InChI=1S/C17H24N2O7S3/c1-25-15-3-2-13(10-16(15)29(23,24)19-5-7-26-8-6-19)18-17(20)11-27-14-4-9-28(21,22)12-14/h2-3,10,14H,4-9,11-12H2,1H3,(H,18,20). The molecule has 0 aliphatic carbocycles. The number of morpholine rings is 1. The number of hydrogen-bond donors (Lipinski definition) is 1. The molecule has 2 fully saturated rings. The van der Waals surface area contributed by atoms with Gasteiger partial charge >= 0.3 is 0 Å². The molecule has 2 aliphatic rings. The Balaban J connectivity index is 1.68. The van der Waals surface area contributed by atoms with E-state index in [0.29, 0.717) is 25.3 Å². The molecule has 1 unspecified atom stereocenters. The molecule has 2 saturated heterocycles. The van der Waals surface area contributed by atoms with E-state index in [1.807, 2.05) is 0 Å². The minimum absolute atomic E-state index is 0.0192. The monoisotopic (exact) mass is 464 g/mol. The van der Waals surface area contributed by atoms with Gasteiger partial charge in [0.15, 0.2) is 9.84 Å². The number of carbonyl (C=O) groups excluding carboxylic acids is 1. The van der Waals surface area contributed by atoms with Crippen LogP contribution in [0.3, 0.4) is 0 Å². The summed E-state index contributed by atoms with van der Waals surface area (Å²) in [4.78, 5) is 12.2. The van der Waals surface area contributed by atoms with Crippen LogP contribution in [0.4, 0.5) is 5.69 Å². The van der Waals surface area contributed by atoms with E-state index in [1.165, 1.54) is 35.3 Å². The first-order chi connectivity index (χ1) is 13.7. The number of anilines is 1. The third-order valence-corrected chi connectivity index (χ3v) is 9.88. The highest BCUT2D eigenvalue weighted by Crippen LogP contribution is 2.30. The molecule has 1 atom stereocenters. The summed E-state index contributed by atoms with van der Waals surface area (Å²) in [6, 6.07) is 4.45. The van der Waals surface area contributed by atoms with Crippen LogP contribution in [0.2, 0.25) is 0 Å². The second kappa shape index (κ2) is 9.21. The van der Waals surface area contributed by atoms with Crippen molar-refractivity contribution in [1.82, 2.24) is 4.31 Å². The third kappa shape index (κ3) is 5.63. The van der Waals surface area contributed by atoms with E-state index in [9.17, 15) is 21.6 Å². The fourth-order valence-electron chi connectivity index (χ4n) is 3.17. The lowest BCUT2D eigenvalue weighted by Gasteiger charge is -2.26. The van der Waals surface area contributed by atoms with E-state index >= 15 is 0 Å². The van der Waals surface area contributed by atoms with Crippen molar-refractivity contribution in [3.63, 3.8) is 0 Å². The first-order valence-corrected chi connectivity index (χ1v) is 13.4. The van der Waals surface area contributed by atoms with Crippen LogP contribution in [0.25, 0.3) is 0 Å². The van der Waals surface area contributed by atoms with Crippen molar-refractivity contribution < 1.29 is 31.1 Å². The SMILES string of the molecule is COc1ccc(NC(=O)CSC2CCS(=O)(=O)C2)cc1S(=O)(=O)N1CCOCC1. The Morgan fingerprint density at radius 3 is 2.69 bits per heavy atom. The van der Waals surface area contributed by atoms with Crippen molar-refractivity contribution in [1.29, 1.82) is 0 Å². The van der Waals surface area contributed by atoms with Gasteiger partial charge in [0.05, 0.1) is 37.6 Å². The lowest BCUT2D eigenvalue weighted by atomic mass is 10.3. The van der Waals surface area contributed by atoms with Gasteiger partial charge < -0.3 is 14.8 Å². The Morgan fingerprint density at radius 2 is 2.07 bits per heavy atom. The molecule has 0 radical (unpaired) electrons. The molecule has 2 aliphatic heterocycles. The van der Waals surface area contributed by atoms with E-state index in [4.69, 9.17) is 9.47 Å². The molecular formula is C17H24N2O7S3. The Bertz CT molecular complexity index is 957. The van der Waals surface area contributed by atoms with E-state index in [0.717, 1.165) is 0 Å². The largest absolute Gasteiger partial charge is 0.495 e. The van der Waals surface area contributed by atoms with E-state index in [1.54, 1.807) is 6.07 Å². The van der Waals surface area contributed by atoms with Crippen molar-refractivity contribution >= 4 is 43.2 Å². The average molecular weight is 465 g/mol. The van der Waals surface area contributed by atoms with Crippen LogP contribution < -0.4 is 10.1 Å². The molecule has 0 bridgehead atoms. The van der Waals surface area contributed by atoms with Gasteiger partial charge in [0.25, 0.3) is 0 Å². The molecule has 1 aromatic carbocycles. The zero-order chi connectivity index (χ0) is 21.1. The minimum atomic E-state index is -3.80. The number of sulfonamides is 1. The number of thioether (sulfide) groups is 1. The summed E-state index contributed by atoms with van der Waals surface area (Å²) in [6.45, 7) is 1.16. The summed E-state index contributed by atoms with van der Waals surface area (Å²) in [5.74, 6) is 0.222. The molecular weight excluding hydrogens is 440 g/mol. The van der Waals surface area contributed by atoms with Gasteiger partial charge in [-0.15, -0.1) is 11.8 Å². The van der Waals surface area contributed by atoms with E-state index < -0.39 is 19.9 Å². The lowest BCUT2D eigenvalue weighted by Crippen LogP contribution is -2.40. The Labute approximate surface area is 175 Å². The maximum atomic E-state index is 13.0. The molecule has 2 heterocycles. The molecule has 9 nitrogen and oxygen atoms in total. The normalized spacial score (nSPS) is 22.3. The van der Waals surface area contributed by atoms with Crippen LogP contribution in [0.5, 0.6) is 5.75 Å². The van der Waals surface area contributed by atoms with Crippen LogP contribution in [-0.4, -0.2) is 83.0 Å². The zero-order valence-corrected chi connectivity index (χ0v) is 18.4. The fraction of sp³-hybridized carbons (Fsp3) is 0.588. The molecule has 0 aromatic heterocycles. The summed E-state index contributed by atoms with van der Waals surface area (Å²) < 4.78 is 60.7. The summed E-state index contributed by atoms with van der Waals surface area (Å²) in [5.41, 5.74) is 0.335. The maximum absolute atomic E-state index is 13.0. The van der Waals surface area contributed by atoms with Gasteiger partial charge in [-0.1, -0.05) is 0 Å². The molecule has 1 amide bonds. The third-order valence-electron chi connectivity index (χ3n) is 4.68. The highest BCUT2D eigenvalue weighted by molar-refractivity contribution is 8.02. The predicted octanol–water partition coefficient (Wildman–Crippen LogP) is 0.575. The predicted molar refractivity (Wildman–Crippen MR) is 111 cm³/mol. The van der Waals surface area contributed by atoms with Crippen molar-refractivity contribution in [3.8, 4) is 5.75 Å². The van der Waals surface area contributed by atoms with Gasteiger partial charge in [0, 0.05) is 24.0 Å². The lowest BCUT2D eigenvalue weighted by molar-refractivity contribution is -0.113.